The predicted molar refractivity (Wildman–Crippen MR) is 81.4 cm³/mol. The van der Waals surface area contributed by atoms with Crippen molar-refractivity contribution in [2.24, 2.45) is 5.92 Å². The Bertz CT molecular complexity index is 476. The van der Waals surface area contributed by atoms with Gasteiger partial charge < -0.3 is 10.0 Å². The number of carboxylic acid groups (broad SMARTS) is 1. The van der Waals surface area contributed by atoms with Crippen molar-refractivity contribution in [2.45, 2.75) is 32.2 Å². The normalized spacial score (nSPS) is 16.3. The molecule has 1 aromatic carbocycles. The zero-order valence-corrected chi connectivity index (χ0v) is 12.1. The number of nitrogens with zero attached hydrogens (tertiary/aromatic N) is 1. The second kappa shape index (κ2) is 7.25. The molecule has 3 nitrogen and oxygen atoms in total. The van der Waals surface area contributed by atoms with Crippen LogP contribution in [0.15, 0.2) is 30.3 Å². The third kappa shape index (κ3) is 4.49. The van der Waals surface area contributed by atoms with E-state index in [-0.39, 0.29) is 0 Å². The monoisotopic (exact) mass is 273 g/mol. The summed E-state index contributed by atoms with van der Waals surface area (Å²) < 4.78 is 0. The summed E-state index contributed by atoms with van der Waals surface area (Å²) in [5, 5.41) is 8.74. The molecule has 3 heteroatoms. The van der Waals surface area contributed by atoms with Crippen LogP contribution in [0.4, 0.5) is 0 Å². The van der Waals surface area contributed by atoms with Gasteiger partial charge in [-0.2, -0.15) is 0 Å². The number of benzene rings is 1. The van der Waals surface area contributed by atoms with E-state index < -0.39 is 5.97 Å². The molecule has 1 saturated carbocycles. The van der Waals surface area contributed by atoms with Gasteiger partial charge in [-0.25, -0.2) is 4.79 Å². The molecule has 0 spiro atoms. The van der Waals surface area contributed by atoms with Crippen LogP contribution >= 0.6 is 0 Å². The van der Waals surface area contributed by atoms with Crippen molar-refractivity contribution >= 4 is 12.0 Å². The lowest BCUT2D eigenvalue weighted by molar-refractivity contribution is -0.131. The van der Waals surface area contributed by atoms with E-state index >= 15 is 0 Å². The highest BCUT2D eigenvalue weighted by molar-refractivity contribution is 5.85. The lowest BCUT2D eigenvalue weighted by Gasteiger charge is -2.21. The van der Waals surface area contributed by atoms with Gasteiger partial charge in [0.1, 0.15) is 0 Å². The van der Waals surface area contributed by atoms with E-state index in [0.717, 1.165) is 24.6 Å². The minimum absolute atomic E-state index is 0.835. The van der Waals surface area contributed by atoms with Gasteiger partial charge in [-0.3, -0.25) is 0 Å². The Labute approximate surface area is 120 Å². The Balaban J connectivity index is 1.98. The Hall–Kier alpha value is -1.61. The molecule has 2 rings (SSSR count). The molecule has 0 saturated heterocycles. The van der Waals surface area contributed by atoms with Crippen LogP contribution in [0, 0.1) is 5.92 Å². The highest BCUT2D eigenvalue weighted by Crippen LogP contribution is 2.25. The molecule has 1 aromatic rings. The third-order valence-corrected chi connectivity index (χ3v) is 3.95. The molecule has 0 atom stereocenters. The van der Waals surface area contributed by atoms with E-state index in [4.69, 9.17) is 5.11 Å². The first-order valence-electron chi connectivity index (χ1n) is 7.32. The number of hydrogen-bond donors (Lipinski definition) is 1. The summed E-state index contributed by atoms with van der Waals surface area (Å²) in [6, 6.07) is 8.00. The van der Waals surface area contributed by atoms with Gasteiger partial charge in [0.15, 0.2) is 0 Å². The molecule has 20 heavy (non-hydrogen) atoms. The van der Waals surface area contributed by atoms with E-state index in [1.165, 1.54) is 37.3 Å². The van der Waals surface area contributed by atoms with Gasteiger partial charge in [-0.05, 0) is 43.0 Å². The molecule has 1 aliphatic rings. The molecule has 0 heterocycles. The maximum Gasteiger partial charge on any atom is 0.328 e. The van der Waals surface area contributed by atoms with Gasteiger partial charge in [-0.15, -0.1) is 0 Å². The minimum Gasteiger partial charge on any atom is -0.478 e. The van der Waals surface area contributed by atoms with Gasteiger partial charge >= 0.3 is 5.97 Å². The molecule has 0 unspecified atom stereocenters. The molecular weight excluding hydrogens is 250 g/mol. The molecule has 108 valence electrons. The Morgan fingerprint density at radius 1 is 1.35 bits per heavy atom. The quantitative estimate of drug-likeness (QED) is 0.807. The van der Waals surface area contributed by atoms with Crippen LogP contribution in [-0.4, -0.2) is 29.6 Å². The van der Waals surface area contributed by atoms with E-state index in [1.54, 1.807) is 6.08 Å². The average molecular weight is 273 g/mol. The standard InChI is InChI=1S/C17H23NO2/c1-18(12-14-6-2-3-7-14)13-16-9-5-4-8-15(16)10-11-17(19)20/h4-5,8-11,14H,2-3,6-7,12-13H2,1H3,(H,19,20). The van der Waals surface area contributed by atoms with Gasteiger partial charge in [0.25, 0.3) is 0 Å². The number of aliphatic carboxylic acids is 1. The first kappa shape index (κ1) is 14.8. The second-order valence-corrected chi connectivity index (χ2v) is 5.72. The van der Waals surface area contributed by atoms with Gasteiger partial charge in [0.2, 0.25) is 0 Å². The van der Waals surface area contributed by atoms with Gasteiger partial charge in [0, 0.05) is 19.2 Å². The van der Waals surface area contributed by atoms with E-state index in [9.17, 15) is 4.79 Å². The SMILES string of the molecule is CN(Cc1ccccc1C=CC(=O)O)CC1CCCC1. The third-order valence-electron chi connectivity index (χ3n) is 3.95. The van der Waals surface area contributed by atoms with E-state index in [0.29, 0.717) is 0 Å². The molecule has 1 N–H and O–H groups in total. The lowest BCUT2D eigenvalue weighted by atomic mass is 10.0. The van der Waals surface area contributed by atoms with E-state index in [2.05, 4.69) is 18.0 Å². The number of carboxylic acids is 1. The largest absolute Gasteiger partial charge is 0.478 e. The van der Waals surface area contributed by atoms with Crippen molar-refractivity contribution in [1.29, 1.82) is 0 Å². The number of rotatable bonds is 6. The number of carbonyl (C=O) groups is 1. The van der Waals surface area contributed by atoms with Crippen LogP contribution in [0.1, 0.15) is 36.8 Å². The fourth-order valence-corrected chi connectivity index (χ4v) is 2.99. The van der Waals surface area contributed by atoms with Gasteiger partial charge in [-0.1, -0.05) is 37.1 Å². The first-order chi connectivity index (χ1) is 9.65. The Morgan fingerprint density at radius 2 is 2.05 bits per heavy atom. The summed E-state index contributed by atoms with van der Waals surface area (Å²) in [7, 11) is 2.15. The van der Waals surface area contributed by atoms with Crippen LogP contribution in [0.25, 0.3) is 6.08 Å². The van der Waals surface area contributed by atoms with Crippen molar-refractivity contribution < 1.29 is 9.90 Å². The fourth-order valence-electron chi connectivity index (χ4n) is 2.99. The van der Waals surface area contributed by atoms with Crippen LogP contribution in [-0.2, 0) is 11.3 Å². The summed E-state index contributed by atoms with van der Waals surface area (Å²) >= 11 is 0. The highest BCUT2D eigenvalue weighted by Gasteiger charge is 2.17. The Kier molecular flexibility index (Phi) is 5.36. The van der Waals surface area contributed by atoms with Crippen molar-refractivity contribution in [3.8, 4) is 0 Å². The summed E-state index contributed by atoms with van der Waals surface area (Å²) in [5.41, 5.74) is 2.18. The summed E-state index contributed by atoms with van der Waals surface area (Å²) in [6.45, 7) is 2.01. The first-order valence-corrected chi connectivity index (χ1v) is 7.32. The topological polar surface area (TPSA) is 40.5 Å². The second-order valence-electron chi connectivity index (χ2n) is 5.72. The van der Waals surface area contributed by atoms with Crippen LogP contribution in [0.2, 0.25) is 0 Å². The summed E-state index contributed by atoms with van der Waals surface area (Å²) in [5.74, 6) is -0.0687. The number of hydrogen-bond acceptors (Lipinski definition) is 2. The zero-order chi connectivity index (χ0) is 14.4. The van der Waals surface area contributed by atoms with Crippen LogP contribution in [0.3, 0.4) is 0 Å². The maximum atomic E-state index is 10.6. The average Bonchev–Trinajstić information content (AvgIpc) is 2.90. The van der Waals surface area contributed by atoms with Crippen LogP contribution < -0.4 is 0 Å². The van der Waals surface area contributed by atoms with E-state index in [1.807, 2.05) is 18.2 Å². The molecule has 1 aliphatic carbocycles. The minimum atomic E-state index is -0.904. The van der Waals surface area contributed by atoms with Crippen molar-refractivity contribution in [3.63, 3.8) is 0 Å². The molecule has 0 aliphatic heterocycles. The van der Waals surface area contributed by atoms with Crippen molar-refractivity contribution in [3.05, 3.63) is 41.5 Å². The summed E-state index contributed by atoms with van der Waals surface area (Å²) in [6.07, 6.45) is 8.33. The molecule has 0 bridgehead atoms. The smallest absolute Gasteiger partial charge is 0.328 e. The fraction of sp³-hybridized carbons (Fsp3) is 0.471. The molecule has 0 radical (unpaired) electrons. The Morgan fingerprint density at radius 3 is 2.75 bits per heavy atom. The van der Waals surface area contributed by atoms with Crippen LogP contribution in [0.5, 0.6) is 0 Å². The van der Waals surface area contributed by atoms with Crippen molar-refractivity contribution in [2.75, 3.05) is 13.6 Å². The highest BCUT2D eigenvalue weighted by atomic mass is 16.4. The lowest BCUT2D eigenvalue weighted by Crippen LogP contribution is -2.24. The zero-order valence-electron chi connectivity index (χ0n) is 12.1. The predicted octanol–water partition coefficient (Wildman–Crippen LogP) is 3.41. The maximum absolute atomic E-state index is 10.6. The van der Waals surface area contributed by atoms with Crippen molar-refractivity contribution in [1.82, 2.24) is 4.90 Å². The van der Waals surface area contributed by atoms with Gasteiger partial charge in [0.05, 0.1) is 0 Å². The molecule has 0 amide bonds. The molecule has 0 aromatic heterocycles. The molecule has 1 fully saturated rings. The molecular formula is C17H23NO2. The summed E-state index contributed by atoms with van der Waals surface area (Å²) in [4.78, 5) is 13.0.